The number of methoxy groups -OCH3 is 2. The van der Waals surface area contributed by atoms with Crippen molar-refractivity contribution in [2.75, 3.05) is 54.6 Å². The molecule has 1 N–H and O–H groups in total. The van der Waals surface area contributed by atoms with E-state index in [9.17, 15) is 14.7 Å². The zero-order valence-electron chi connectivity index (χ0n) is 20.4. The Bertz CT molecular complexity index is 1160. The maximum absolute atomic E-state index is 13.2. The van der Waals surface area contributed by atoms with Crippen molar-refractivity contribution in [2.24, 2.45) is 0 Å². The summed E-state index contributed by atoms with van der Waals surface area (Å²) in [4.78, 5) is 29.9. The van der Waals surface area contributed by atoms with Gasteiger partial charge in [-0.2, -0.15) is 0 Å². The van der Waals surface area contributed by atoms with Crippen LogP contribution in [0.15, 0.2) is 42.0 Å². The van der Waals surface area contributed by atoms with Gasteiger partial charge in [-0.3, -0.25) is 9.59 Å². The molecule has 9 heteroatoms. The van der Waals surface area contributed by atoms with Crippen molar-refractivity contribution in [2.45, 2.75) is 12.5 Å². The number of Topliss-reactive ketones (excluding diaryl/α,β-unsaturated/α-hetero) is 1. The highest BCUT2D eigenvalue weighted by molar-refractivity contribution is 6.46. The highest BCUT2D eigenvalue weighted by Gasteiger charge is 2.46. The van der Waals surface area contributed by atoms with Crippen molar-refractivity contribution in [1.82, 2.24) is 9.80 Å². The molecule has 0 radical (unpaired) electrons. The first kappa shape index (κ1) is 24.4. The largest absolute Gasteiger partial charge is 0.507 e. The highest BCUT2D eigenvalue weighted by Crippen LogP contribution is 2.43. The lowest BCUT2D eigenvalue weighted by molar-refractivity contribution is -0.139. The minimum absolute atomic E-state index is 0.0174. The number of carbonyl (C=O) groups excluding carboxylic acids is 2. The van der Waals surface area contributed by atoms with Gasteiger partial charge in [0.15, 0.2) is 23.0 Å². The standard InChI is InChI=1S/C26H30N2O7/c1-27(2)10-5-11-28-23(16-6-8-18(32-3)20(14-16)33-4)22(25(30)26(28)31)24(29)17-7-9-19-21(15-17)35-13-12-34-19/h6-9,14-15,23,29H,5,10-13H2,1-4H3/t23-/m0/s1. The number of carbonyl (C=O) groups is 2. The normalized spacial score (nSPS) is 18.8. The van der Waals surface area contributed by atoms with E-state index in [1.54, 1.807) is 36.4 Å². The van der Waals surface area contributed by atoms with Gasteiger partial charge < -0.3 is 33.9 Å². The molecule has 1 fully saturated rings. The lowest BCUT2D eigenvalue weighted by atomic mass is 9.94. The molecule has 0 aromatic heterocycles. The molecular weight excluding hydrogens is 452 g/mol. The van der Waals surface area contributed by atoms with Gasteiger partial charge in [0.05, 0.1) is 25.8 Å². The number of aliphatic hydroxyl groups is 1. The van der Waals surface area contributed by atoms with Gasteiger partial charge in [0.25, 0.3) is 11.7 Å². The molecule has 1 atom stereocenters. The number of ketones is 1. The lowest BCUT2D eigenvalue weighted by Gasteiger charge is -2.26. The summed E-state index contributed by atoms with van der Waals surface area (Å²) >= 11 is 0. The van der Waals surface area contributed by atoms with E-state index in [4.69, 9.17) is 18.9 Å². The Morgan fingerprint density at radius 1 is 1.03 bits per heavy atom. The third-order valence-electron chi connectivity index (χ3n) is 6.08. The SMILES string of the molecule is COc1ccc([C@H]2C(=C(O)c3ccc4c(c3)OCCO4)C(=O)C(=O)N2CCCN(C)C)cc1OC. The quantitative estimate of drug-likeness (QED) is 0.349. The fourth-order valence-corrected chi connectivity index (χ4v) is 4.38. The Morgan fingerprint density at radius 2 is 1.74 bits per heavy atom. The molecule has 1 saturated heterocycles. The molecule has 2 aromatic carbocycles. The Kier molecular flexibility index (Phi) is 7.16. The van der Waals surface area contributed by atoms with E-state index in [1.807, 2.05) is 19.0 Å². The van der Waals surface area contributed by atoms with Crippen LogP contribution in [0, 0.1) is 0 Å². The van der Waals surface area contributed by atoms with Gasteiger partial charge in [-0.25, -0.2) is 0 Å². The number of rotatable bonds is 8. The van der Waals surface area contributed by atoms with Crippen LogP contribution in [-0.2, 0) is 9.59 Å². The molecule has 35 heavy (non-hydrogen) atoms. The predicted octanol–water partition coefficient (Wildman–Crippen LogP) is 2.85. The van der Waals surface area contributed by atoms with Crippen LogP contribution < -0.4 is 18.9 Å². The van der Waals surface area contributed by atoms with E-state index in [-0.39, 0.29) is 11.3 Å². The molecule has 0 aliphatic carbocycles. The van der Waals surface area contributed by atoms with E-state index < -0.39 is 17.7 Å². The Labute approximate surface area is 204 Å². The molecule has 9 nitrogen and oxygen atoms in total. The van der Waals surface area contributed by atoms with Crippen LogP contribution in [0.4, 0.5) is 0 Å². The highest BCUT2D eigenvalue weighted by atomic mass is 16.6. The topological polar surface area (TPSA) is 97.8 Å². The fourth-order valence-electron chi connectivity index (χ4n) is 4.38. The van der Waals surface area contributed by atoms with Gasteiger partial charge in [0.1, 0.15) is 19.0 Å². The number of likely N-dealkylation sites (tertiary alicyclic amines) is 1. The molecule has 2 aromatic rings. The molecule has 186 valence electrons. The molecule has 2 heterocycles. The first-order valence-corrected chi connectivity index (χ1v) is 11.4. The number of hydrogen-bond acceptors (Lipinski definition) is 8. The summed E-state index contributed by atoms with van der Waals surface area (Å²) in [6, 6.07) is 9.38. The number of nitrogens with zero attached hydrogens (tertiary/aromatic N) is 2. The van der Waals surface area contributed by atoms with Crippen LogP contribution in [0.1, 0.15) is 23.6 Å². The molecule has 4 rings (SSSR count). The van der Waals surface area contributed by atoms with Crippen molar-refractivity contribution < 1.29 is 33.6 Å². The Morgan fingerprint density at radius 3 is 2.43 bits per heavy atom. The molecule has 0 saturated carbocycles. The third-order valence-corrected chi connectivity index (χ3v) is 6.08. The van der Waals surface area contributed by atoms with Gasteiger partial charge >= 0.3 is 0 Å². The van der Waals surface area contributed by atoms with Crippen molar-refractivity contribution in [3.8, 4) is 23.0 Å². The summed E-state index contributed by atoms with van der Waals surface area (Å²) in [6.07, 6.45) is 0.661. The summed E-state index contributed by atoms with van der Waals surface area (Å²) in [7, 11) is 6.95. The number of fused-ring (bicyclic) bond motifs is 1. The molecular formula is C26H30N2O7. The van der Waals surface area contributed by atoms with E-state index in [2.05, 4.69) is 0 Å². The summed E-state index contributed by atoms with van der Waals surface area (Å²) < 4.78 is 22.0. The molecule has 1 amide bonds. The van der Waals surface area contributed by atoms with Gasteiger partial charge in [0.2, 0.25) is 0 Å². The summed E-state index contributed by atoms with van der Waals surface area (Å²) in [5, 5.41) is 11.3. The van der Waals surface area contributed by atoms with Gasteiger partial charge in [0, 0.05) is 12.1 Å². The Balaban J connectivity index is 1.82. The minimum Gasteiger partial charge on any atom is -0.507 e. The first-order chi connectivity index (χ1) is 16.8. The summed E-state index contributed by atoms with van der Waals surface area (Å²) in [5.41, 5.74) is 1.01. The maximum atomic E-state index is 13.2. The summed E-state index contributed by atoms with van der Waals surface area (Å²) in [6.45, 7) is 1.91. The van der Waals surface area contributed by atoms with Crippen LogP contribution in [0.3, 0.4) is 0 Å². The average Bonchev–Trinajstić information content (AvgIpc) is 3.12. The van der Waals surface area contributed by atoms with Crippen molar-refractivity contribution in [3.63, 3.8) is 0 Å². The van der Waals surface area contributed by atoms with Crippen molar-refractivity contribution in [3.05, 3.63) is 53.1 Å². The number of amides is 1. The van der Waals surface area contributed by atoms with Crippen LogP contribution in [0.5, 0.6) is 23.0 Å². The molecule has 0 unspecified atom stereocenters. The molecule has 0 spiro atoms. The lowest BCUT2D eigenvalue weighted by Crippen LogP contribution is -2.32. The van der Waals surface area contributed by atoms with E-state index in [0.717, 1.165) is 6.54 Å². The fraction of sp³-hybridized carbons (Fsp3) is 0.385. The second-order valence-corrected chi connectivity index (χ2v) is 8.62. The monoisotopic (exact) mass is 482 g/mol. The van der Waals surface area contributed by atoms with Gasteiger partial charge in [-0.1, -0.05) is 6.07 Å². The van der Waals surface area contributed by atoms with Crippen molar-refractivity contribution in [1.29, 1.82) is 0 Å². The molecule has 2 aliphatic rings. The summed E-state index contributed by atoms with van der Waals surface area (Å²) in [5.74, 6) is 0.368. The van der Waals surface area contributed by atoms with E-state index >= 15 is 0 Å². The second-order valence-electron chi connectivity index (χ2n) is 8.62. The van der Waals surface area contributed by atoms with Gasteiger partial charge in [-0.15, -0.1) is 0 Å². The second kappa shape index (κ2) is 10.3. The maximum Gasteiger partial charge on any atom is 0.295 e. The molecule has 0 bridgehead atoms. The zero-order valence-corrected chi connectivity index (χ0v) is 20.4. The smallest absolute Gasteiger partial charge is 0.295 e. The van der Waals surface area contributed by atoms with E-state index in [0.29, 0.717) is 60.3 Å². The van der Waals surface area contributed by atoms with Crippen LogP contribution >= 0.6 is 0 Å². The third kappa shape index (κ3) is 4.77. The molecule has 2 aliphatic heterocycles. The van der Waals surface area contributed by atoms with Gasteiger partial charge in [-0.05, 0) is 63.0 Å². The minimum atomic E-state index is -0.787. The van der Waals surface area contributed by atoms with Crippen LogP contribution in [0.25, 0.3) is 5.76 Å². The number of ether oxygens (including phenoxy) is 4. The van der Waals surface area contributed by atoms with Crippen LogP contribution in [-0.4, -0.2) is 81.2 Å². The average molecular weight is 483 g/mol. The number of benzene rings is 2. The Hall–Kier alpha value is -3.72. The zero-order chi connectivity index (χ0) is 25.1. The first-order valence-electron chi connectivity index (χ1n) is 11.4. The van der Waals surface area contributed by atoms with E-state index in [1.165, 1.54) is 19.1 Å². The van der Waals surface area contributed by atoms with Crippen molar-refractivity contribution >= 4 is 17.4 Å². The number of aliphatic hydroxyl groups excluding tert-OH is 1. The predicted molar refractivity (Wildman–Crippen MR) is 129 cm³/mol. The van der Waals surface area contributed by atoms with Crippen LogP contribution in [0.2, 0.25) is 0 Å². The number of hydrogen-bond donors (Lipinski definition) is 1.